The van der Waals surface area contributed by atoms with Gasteiger partial charge in [-0.05, 0) is 35.4 Å². The Balaban J connectivity index is 2.24. The van der Waals surface area contributed by atoms with Crippen molar-refractivity contribution in [3.05, 3.63) is 84.0 Å². The van der Waals surface area contributed by atoms with E-state index in [0.717, 1.165) is 11.1 Å². The fourth-order valence-corrected chi connectivity index (χ4v) is 4.80. The second-order valence-electron chi connectivity index (χ2n) is 8.40. The van der Waals surface area contributed by atoms with Crippen LogP contribution < -0.4 is 0 Å². The van der Waals surface area contributed by atoms with E-state index in [1.54, 1.807) is 24.3 Å². The lowest BCUT2D eigenvalue weighted by Gasteiger charge is -2.57. The fourth-order valence-electron chi connectivity index (χ4n) is 4.80. The van der Waals surface area contributed by atoms with Crippen LogP contribution in [0.15, 0.2) is 72.8 Å². The van der Waals surface area contributed by atoms with E-state index in [9.17, 15) is 15.3 Å². The minimum absolute atomic E-state index is 0.223. The molecule has 1 aliphatic rings. The van der Waals surface area contributed by atoms with Gasteiger partial charge >= 0.3 is 0 Å². The number of aliphatic hydroxyl groups is 1. The molecule has 3 rings (SSSR count). The lowest BCUT2D eigenvalue weighted by Crippen LogP contribution is -2.59. The van der Waals surface area contributed by atoms with Crippen molar-refractivity contribution in [1.29, 1.82) is 0 Å². The molecule has 3 N–H and O–H groups in total. The summed E-state index contributed by atoms with van der Waals surface area (Å²) < 4.78 is 0. The predicted molar refractivity (Wildman–Crippen MR) is 109 cm³/mol. The van der Waals surface area contributed by atoms with Crippen LogP contribution in [0.1, 0.15) is 38.8 Å². The zero-order chi connectivity index (χ0) is 19.9. The molecule has 3 heteroatoms. The van der Waals surface area contributed by atoms with E-state index in [0.29, 0.717) is 0 Å². The monoisotopic (exact) mass is 364 g/mol. The van der Waals surface area contributed by atoms with Crippen LogP contribution in [0.4, 0.5) is 0 Å². The minimum Gasteiger partial charge on any atom is -0.508 e. The normalized spacial score (nSPS) is 19.2. The molecule has 0 spiro atoms. The molecule has 1 atom stereocenters. The number of hydrogen-bond donors (Lipinski definition) is 3. The van der Waals surface area contributed by atoms with Crippen molar-refractivity contribution in [3.63, 3.8) is 0 Å². The molecule has 0 heterocycles. The van der Waals surface area contributed by atoms with Gasteiger partial charge in [-0.3, -0.25) is 0 Å². The van der Waals surface area contributed by atoms with Crippen molar-refractivity contribution in [3.8, 4) is 11.5 Å². The molecule has 2 aromatic carbocycles. The largest absolute Gasteiger partial charge is 0.508 e. The van der Waals surface area contributed by atoms with Gasteiger partial charge in [-0.15, -0.1) is 0 Å². The van der Waals surface area contributed by atoms with E-state index in [1.807, 2.05) is 42.5 Å². The smallest absolute Gasteiger partial charge is 0.115 e. The zero-order valence-electron chi connectivity index (χ0n) is 16.3. The van der Waals surface area contributed by atoms with Gasteiger partial charge in [0.15, 0.2) is 0 Å². The molecule has 1 aliphatic carbocycles. The van der Waals surface area contributed by atoms with Crippen molar-refractivity contribution >= 4 is 0 Å². The van der Waals surface area contributed by atoms with E-state index in [-0.39, 0.29) is 11.5 Å². The number of benzene rings is 2. The molecule has 0 amide bonds. The Hall–Kier alpha value is -2.52. The van der Waals surface area contributed by atoms with Gasteiger partial charge in [0.2, 0.25) is 0 Å². The van der Waals surface area contributed by atoms with Gasteiger partial charge in [0, 0.05) is 16.2 Å². The summed E-state index contributed by atoms with van der Waals surface area (Å²) in [7, 11) is 0. The highest BCUT2D eigenvalue weighted by molar-refractivity contribution is 5.44. The number of phenols is 2. The van der Waals surface area contributed by atoms with Crippen molar-refractivity contribution in [2.45, 2.75) is 44.6 Å². The van der Waals surface area contributed by atoms with Gasteiger partial charge in [-0.2, -0.15) is 0 Å². The molecular formula is C24H28O3. The highest BCUT2D eigenvalue weighted by Gasteiger charge is 2.58. The molecule has 2 aromatic rings. The van der Waals surface area contributed by atoms with Crippen LogP contribution >= 0.6 is 0 Å². The average molecular weight is 364 g/mol. The Bertz CT molecular complexity index is 798. The summed E-state index contributed by atoms with van der Waals surface area (Å²) >= 11 is 0. The number of aromatic hydroxyl groups is 2. The summed E-state index contributed by atoms with van der Waals surface area (Å²) in [5, 5.41) is 30.7. The Morgan fingerprint density at radius 3 is 1.48 bits per heavy atom. The van der Waals surface area contributed by atoms with Crippen molar-refractivity contribution in [2.24, 2.45) is 5.41 Å². The Morgan fingerprint density at radius 2 is 1.11 bits per heavy atom. The van der Waals surface area contributed by atoms with E-state index in [2.05, 4.69) is 33.8 Å². The standard InChI is InChI=1S/C24H28O3/c1-22(2,17-8-12-19(25)13-9-17)24(16-6-5-7-21(24)27)23(3,4)18-10-14-20(26)15-11-18/h5-16,21,25-27H,1-4H3. The van der Waals surface area contributed by atoms with Crippen molar-refractivity contribution < 1.29 is 15.3 Å². The third-order valence-electron chi connectivity index (χ3n) is 6.48. The molecule has 0 fully saturated rings. The highest BCUT2D eigenvalue weighted by Crippen LogP contribution is 2.58. The lowest BCUT2D eigenvalue weighted by molar-refractivity contribution is -0.0151. The van der Waals surface area contributed by atoms with E-state index in [4.69, 9.17) is 0 Å². The summed E-state index contributed by atoms with van der Waals surface area (Å²) in [5.41, 5.74) is 0.506. The molecular weight excluding hydrogens is 336 g/mol. The topological polar surface area (TPSA) is 60.7 Å². The predicted octanol–water partition coefficient (Wildman–Crippen LogP) is 4.83. The molecule has 0 aliphatic heterocycles. The number of phenolic OH excluding ortho intramolecular Hbond substituents is 2. The molecule has 142 valence electrons. The molecule has 0 radical (unpaired) electrons. The number of aliphatic hydroxyl groups excluding tert-OH is 1. The number of allylic oxidation sites excluding steroid dienone is 2. The van der Waals surface area contributed by atoms with E-state index in [1.165, 1.54) is 0 Å². The van der Waals surface area contributed by atoms with E-state index >= 15 is 0 Å². The average Bonchev–Trinajstić information content (AvgIpc) is 2.62. The van der Waals surface area contributed by atoms with Gasteiger partial charge in [0.25, 0.3) is 0 Å². The first-order valence-electron chi connectivity index (χ1n) is 9.26. The molecule has 1 unspecified atom stereocenters. The first kappa shape index (κ1) is 19.2. The summed E-state index contributed by atoms with van der Waals surface area (Å²) in [5.74, 6) is 0.446. The van der Waals surface area contributed by atoms with Crippen LogP contribution in [0.2, 0.25) is 0 Å². The Labute approximate surface area is 161 Å². The second kappa shape index (κ2) is 6.58. The summed E-state index contributed by atoms with van der Waals surface area (Å²) in [6, 6.07) is 14.4. The number of rotatable bonds is 4. The van der Waals surface area contributed by atoms with Gasteiger partial charge in [0.1, 0.15) is 11.5 Å². The van der Waals surface area contributed by atoms with E-state index < -0.39 is 22.3 Å². The molecule has 27 heavy (non-hydrogen) atoms. The molecule has 0 saturated heterocycles. The van der Waals surface area contributed by atoms with Crippen LogP contribution in [0.5, 0.6) is 11.5 Å². The third-order valence-corrected chi connectivity index (χ3v) is 6.48. The molecule has 0 bridgehead atoms. The summed E-state index contributed by atoms with van der Waals surface area (Å²) in [4.78, 5) is 0. The zero-order valence-corrected chi connectivity index (χ0v) is 16.3. The van der Waals surface area contributed by atoms with Crippen molar-refractivity contribution in [1.82, 2.24) is 0 Å². The first-order chi connectivity index (χ1) is 12.6. The van der Waals surface area contributed by atoms with Crippen LogP contribution in [0, 0.1) is 5.41 Å². The number of hydrogen-bond acceptors (Lipinski definition) is 3. The Kier molecular flexibility index (Phi) is 4.69. The van der Waals surface area contributed by atoms with Crippen LogP contribution in [0.3, 0.4) is 0 Å². The quantitative estimate of drug-likeness (QED) is 0.728. The van der Waals surface area contributed by atoms with Crippen LogP contribution in [-0.4, -0.2) is 21.4 Å². The van der Waals surface area contributed by atoms with Gasteiger partial charge < -0.3 is 15.3 Å². The minimum atomic E-state index is -0.699. The third kappa shape index (κ3) is 2.87. The summed E-state index contributed by atoms with van der Waals surface area (Å²) in [6.45, 7) is 8.53. The van der Waals surface area contributed by atoms with Crippen molar-refractivity contribution in [2.75, 3.05) is 0 Å². The molecule has 0 aromatic heterocycles. The highest BCUT2D eigenvalue weighted by atomic mass is 16.3. The maximum absolute atomic E-state index is 11.3. The maximum Gasteiger partial charge on any atom is 0.115 e. The Morgan fingerprint density at radius 1 is 0.704 bits per heavy atom. The van der Waals surface area contributed by atoms with Crippen LogP contribution in [-0.2, 0) is 10.8 Å². The first-order valence-corrected chi connectivity index (χ1v) is 9.26. The SMILES string of the molecule is CC(C)(c1ccc(O)cc1)C1(C(C)(C)c2ccc(O)cc2)C=CC=CC1O. The second-order valence-corrected chi connectivity index (χ2v) is 8.40. The molecule has 0 saturated carbocycles. The van der Waals surface area contributed by atoms with Gasteiger partial charge in [-0.1, -0.05) is 76.3 Å². The summed E-state index contributed by atoms with van der Waals surface area (Å²) in [6.07, 6.45) is 7.12. The molecule has 3 nitrogen and oxygen atoms in total. The maximum atomic E-state index is 11.3. The van der Waals surface area contributed by atoms with Gasteiger partial charge in [0.05, 0.1) is 6.10 Å². The van der Waals surface area contributed by atoms with Crippen LogP contribution in [0.25, 0.3) is 0 Å². The van der Waals surface area contributed by atoms with Gasteiger partial charge in [-0.25, -0.2) is 0 Å². The fraction of sp³-hybridized carbons (Fsp3) is 0.333. The lowest BCUT2D eigenvalue weighted by atomic mass is 9.46.